The fourth-order valence-electron chi connectivity index (χ4n) is 4.66. The molecule has 0 bridgehead atoms. The van der Waals surface area contributed by atoms with Gasteiger partial charge in [-0.2, -0.15) is 0 Å². The molecule has 2 aromatic carbocycles. The van der Waals surface area contributed by atoms with E-state index < -0.39 is 11.9 Å². The van der Waals surface area contributed by atoms with E-state index >= 15 is 0 Å². The lowest BCUT2D eigenvalue weighted by Gasteiger charge is -2.43. The summed E-state index contributed by atoms with van der Waals surface area (Å²) in [5.74, 6) is 0.371. The molecule has 35 heavy (non-hydrogen) atoms. The molecule has 2 aromatic rings. The van der Waals surface area contributed by atoms with Gasteiger partial charge in [-0.05, 0) is 60.7 Å². The van der Waals surface area contributed by atoms with E-state index in [4.69, 9.17) is 10.5 Å². The number of carbonyl (C=O) groups is 2. The van der Waals surface area contributed by atoms with Crippen LogP contribution in [-0.4, -0.2) is 67.0 Å². The average molecular weight is 485 g/mol. The van der Waals surface area contributed by atoms with Crippen LogP contribution in [0, 0.1) is 11.7 Å². The molecule has 3 rings (SSSR count). The number of piperidine rings is 1. The van der Waals surface area contributed by atoms with Crippen LogP contribution in [0.1, 0.15) is 42.6 Å². The number of amides is 2. The Morgan fingerprint density at radius 3 is 2.63 bits per heavy atom. The van der Waals surface area contributed by atoms with Crippen LogP contribution in [0.4, 0.5) is 4.39 Å². The molecular formula is C27H37FN4O3. The fraction of sp³-hybridized carbons (Fsp3) is 0.481. The van der Waals surface area contributed by atoms with Gasteiger partial charge in [0.25, 0.3) is 5.91 Å². The van der Waals surface area contributed by atoms with Crippen molar-refractivity contribution in [2.75, 3.05) is 33.3 Å². The second-order valence-corrected chi connectivity index (χ2v) is 9.45. The number of methoxy groups -OCH3 is 1. The van der Waals surface area contributed by atoms with Crippen molar-refractivity contribution in [1.82, 2.24) is 15.1 Å². The Kier molecular flexibility index (Phi) is 9.63. The van der Waals surface area contributed by atoms with Crippen molar-refractivity contribution in [3.63, 3.8) is 0 Å². The number of nitrogens with two attached hydrogens (primary N) is 1. The van der Waals surface area contributed by atoms with Crippen LogP contribution in [-0.2, 0) is 11.3 Å². The van der Waals surface area contributed by atoms with Crippen molar-refractivity contribution in [3.8, 4) is 5.75 Å². The predicted molar refractivity (Wildman–Crippen MR) is 135 cm³/mol. The Labute approximate surface area is 207 Å². The quantitative estimate of drug-likeness (QED) is 0.541. The average Bonchev–Trinajstić information content (AvgIpc) is 2.86. The van der Waals surface area contributed by atoms with Crippen molar-refractivity contribution in [2.45, 2.75) is 45.3 Å². The summed E-state index contributed by atoms with van der Waals surface area (Å²) >= 11 is 0. The molecule has 7 nitrogen and oxygen atoms in total. The summed E-state index contributed by atoms with van der Waals surface area (Å²) in [7, 11) is 1.66. The lowest BCUT2D eigenvalue weighted by atomic mass is 9.93. The summed E-state index contributed by atoms with van der Waals surface area (Å²) in [6.45, 7) is 7.05. The Morgan fingerprint density at radius 1 is 1.23 bits per heavy atom. The first-order chi connectivity index (χ1) is 16.8. The summed E-state index contributed by atoms with van der Waals surface area (Å²) in [5, 5.41) is 2.86. The standard InChI is InChI=1S/C27H37FN4O3/c1-19(2)17-31(18-20-5-4-6-24(15-20)35-3)23-11-14-32(25(16-23)26(33)30-13-12-29)27(34)21-7-9-22(28)10-8-21/h4-10,15,19,23,25H,11-14,16-18,29H2,1-3H3,(H,30,33)/t23?,25-/m1/s1. The minimum absolute atomic E-state index is 0.120. The van der Waals surface area contributed by atoms with Gasteiger partial charge in [-0.3, -0.25) is 14.5 Å². The highest BCUT2D eigenvalue weighted by molar-refractivity contribution is 5.97. The Balaban J connectivity index is 1.83. The van der Waals surface area contributed by atoms with Gasteiger partial charge in [0.2, 0.25) is 5.91 Å². The normalized spacial score (nSPS) is 18.1. The Morgan fingerprint density at radius 2 is 1.97 bits per heavy atom. The van der Waals surface area contributed by atoms with Crippen molar-refractivity contribution >= 4 is 11.8 Å². The SMILES string of the molecule is COc1cccc(CN(CC(C)C)C2CCN(C(=O)c3ccc(F)cc3)[C@@H](C(=O)NCCN)C2)c1. The molecule has 2 atom stereocenters. The predicted octanol–water partition coefficient (Wildman–Crippen LogP) is 3.04. The van der Waals surface area contributed by atoms with Crippen LogP contribution in [0.5, 0.6) is 5.75 Å². The zero-order valence-corrected chi connectivity index (χ0v) is 20.9. The van der Waals surface area contributed by atoms with Gasteiger partial charge in [0, 0.05) is 44.3 Å². The van der Waals surface area contributed by atoms with Crippen molar-refractivity contribution < 1.29 is 18.7 Å². The van der Waals surface area contributed by atoms with Crippen molar-refractivity contribution in [1.29, 1.82) is 0 Å². The highest BCUT2D eigenvalue weighted by atomic mass is 19.1. The van der Waals surface area contributed by atoms with Gasteiger partial charge in [-0.1, -0.05) is 26.0 Å². The number of hydrogen-bond donors (Lipinski definition) is 2. The van der Waals surface area contributed by atoms with E-state index in [0.717, 1.165) is 30.8 Å². The summed E-state index contributed by atoms with van der Waals surface area (Å²) in [4.78, 5) is 30.4. The summed E-state index contributed by atoms with van der Waals surface area (Å²) < 4.78 is 18.8. The minimum atomic E-state index is -0.627. The molecule has 0 aliphatic carbocycles. The fourth-order valence-corrected chi connectivity index (χ4v) is 4.66. The molecule has 1 saturated heterocycles. The third kappa shape index (κ3) is 7.26. The number of nitrogens with zero attached hydrogens (tertiary/aromatic N) is 2. The lowest BCUT2D eigenvalue weighted by Crippen LogP contribution is -2.57. The largest absolute Gasteiger partial charge is 0.497 e. The van der Waals surface area contributed by atoms with E-state index in [1.54, 1.807) is 12.0 Å². The van der Waals surface area contributed by atoms with Gasteiger partial charge in [-0.15, -0.1) is 0 Å². The molecule has 1 aliphatic rings. The highest BCUT2D eigenvalue weighted by Crippen LogP contribution is 2.27. The lowest BCUT2D eigenvalue weighted by molar-refractivity contribution is -0.127. The third-order valence-electron chi connectivity index (χ3n) is 6.31. The van der Waals surface area contributed by atoms with Gasteiger partial charge < -0.3 is 20.7 Å². The van der Waals surface area contributed by atoms with Gasteiger partial charge >= 0.3 is 0 Å². The molecule has 8 heteroatoms. The number of benzene rings is 2. The maximum atomic E-state index is 13.4. The molecule has 190 valence electrons. The molecule has 1 fully saturated rings. The molecule has 0 spiro atoms. The number of likely N-dealkylation sites (tertiary alicyclic amines) is 1. The molecule has 0 radical (unpaired) electrons. The zero-order valence-electron chi connectivity index (χ0n) is 20.9. The third-order valence-corrected chi connectivity index (χ3v) is 6.31. The number of halogens is 1. The second-order valence-electron chi connectivity index (χ2n) is 9.45. The second kappa shape index (κ2) is 12.7. The van der Waals surface area contributed by atoms with Crippen LogP contribution >= 0.6 is 0 Å². The molecule has 0 saturated carbocycles. The smallest absolute Gasteiger partial charge is 0.254 e. The molecule has 1 heterocycles. The van der Waals surface area contributed by atoms with E-state index in [1.807, 2.05) is 18.2 Å². The first-order valence-corrected chi connectivity index (χ1v) is 12.2. The van der Waals surface area contributed by atoms with Crippen LogP contribution in [0.15, 0.2) is 48.5 Å². The van der Waals surface area contributed by atoms with E-state index in [0.29, 0.717) is 37.5 Å². The van der Waals surface area contributed by atoms with E-state index in [2.05, 4.69) is 30.1 Å². The summed E-state index contributed by atoms with van der Waals surface area (Å²) in [6.07, 6.45) is 1.25. The molecular weight excluding hydrogens is 447 g/mol. The zero-order chi connectivity index (χ0) is 25.4. The van der Waals surface area contributed by atoms with Gasteiger partial charge in [0.15, 0.2) is 0 Å². The maximum Gasteiger partial charge on any atom is 0.254 e. The molecule has 2 amide bonds. The van der Waals surface area contributed by atoms with Gasteiger partial charge in [-0.25, -0.2) is 4.39 Å². The van der Waals surface area contributed by atoms with Crippen molar-refractivity contribution in [3.05, 3.63) is 65.5 Å². The first-order valence-electron chi connectivity index (χ1n) is 12.2. The topological polar surface area (TPSA) is 87.9 Å². The van der Waals surface area contributed by atoms with E-state index in [9.17, 15) is 14.0 Å². The monoisotopic (exact) mass is 484 g/mol. The van der Waals surface area contributed by atoms with Gasteiger partial charge in [0.05, 0.1) is 7.11 Å². The first kappa shape index (κ1) is 26.6. The molecule has 1 unspecified atom stereocenters. The molecule has 3 N–H and O–H groups in total. The Hall–Kier alpha value is -2.97. The number of rotatable bonds is 10. The summed E-state index contributed by atoms with van der Waals surface area (Å²) in [6, 6.07) is 13.0. The van der Waals surface area contributed by atoms with Crippen LogP contribution in [0.25, 0.3) is 0 Å². The maximum absolute atomic E-state index is 13.4. The summed E-state index contributed by atoms with van der Waals surface area (Å²) in [5.41, 5.74) is 7.11. The van der Waals surface area contributed by atoms with E-state index in [-0.39, 0.29) is 17.9 Å². The van der Waals surface area contributed by atoms with E-state index in [1.165, 1.54) is 24.3 Å². The number of hydrogen-bond acceptors (Lipinski definition) is 5. The molecule has 0 aromatic heterocycles. The molecule has 1 aliphatic heterocycles. The van der Waals surface area contributed by atoms with Gasteiger partial charge in [0.1, 0.15) is 17.6 Å². The minimum Gasteiger partial charge on any atom is -0.497 e. The number of carbonyl (C=O) groups excluding carboxylic acids is 2. The van der Waals surface area contributed by atoms with Crippen molar-refractivity contribution in [2.24, 2.45) is 11.7 Å². The number of ether oxygens (including phenoxy) is 1. The Bertz CT molecular complexity index is 983. The number of nitrogens with one attached hydrogen (secondary N) is 1. The van der Waals surface area contributed by atoms with Crippen LogP contribution < -0.4 is 15.8 Å². The highest BCUT2D eigenvalue weighted by Gasteiger charge is 2.38. The van der Waals surface area contributed by atoms with Crippen LogP contribution in [0.2, 0.25) is 0 Å². The van der Waals surface area contributed by atoms with Crippen LogP contribution in [0.3, 0.4) is 0 Å².